The van der Waals surface area contributed by atoms with Crippen LogP contribution in [0.15, 0.2) is 29.8 Å². The lowest BCUT2D eigenvalue weighted by atomic mass is 10.0. The minimum atomic E-state index is 1.02. The number of hydrogen-bond acceptors (Lipinski definition) is 1. The molecule has 0 spiro atoms. The normalized spacial score (nSPS) is 14.2. The van der Waals surface area contributed by atoms with Crippen LogP contribution >= 0.6 is 0 Å². The first-order valence-electron chi connectivity index (χ1n) is 5.42. The Bertz CT molecular complexity index is 339. The molecular weight excluding hydrogens is 170 g/mol. The van der Waals surface area contributed by atoms with E-state index in [4.69, 9.17) is 0 Å². The van der Waals surface area contributed by atoms with Gasteiger partial charge in [-0.3, -0.25) is 0 Å². The van der Waals surface area contributed by atoms with Crippen molar-refractivity contribution in [2.45, 2.75) is 26.2 Å². The number of nitrogens with one attached hydrogen (secondary N) is 1. The molecule has 0 saturated heterocycles. The van der Waals surface area contributed by atoms with Crippen molar-refractivity contribution in [3.05, 3.63) is 35.4 Å². The molecule has 1 aromatic rings. The van der Waals surface area contributed by atoms with E-state index in [1.54, 1.807) is 0 Å². The zero-order chi connectivity index (χ0) is 9.80. The fourth-order valence-electron chi connectivity index (χ4n) is 1.83. The Labute approximate surface area is 85.8 Å². The van der Waals surface area contributed by atoms with Crippen LogP contribution in [0.5, 0.6) is 0 Å². The van der Waals surface area contributed by atoms with Crippen molar-refractivity contribution in [1.29, 1.82) is 0 Å². The summed E-state index contributed by atoms with van der Waals surface area (Å²) < 4.78 is 0. The summed E-state index contributed by atoms with van der Waals surface area (Å²) in [7, 11) is 0. The molecular formula is C13H17N. The molecule has 0 fully saturated rings. The molecule has 0 aliphatic carbocycles. The summed E-state index contributed by atoms with van der Waals surface area (Å²) in [6.45, 7) is 3.27. The summed E-state index contributed by atoms with van der Waals surface area (Å²) in [6.07, 6.45) is 6.15. The predicted octanol–water partition coefficient (Wildman–Crippen LogP) is 3.69. The third-order valence-corrected chi connectivity index (χ3v) is 2.68. The van der Waals surface area contributed by atoms with E-state index in [1.165, 1.54) is 36.1 Å². The zero-order valence-electron chi connectivity index (χ0n) is 8.72. The van der Waals surface area contributed by atoms with Gasteiger partial charge in [0.25, 0.3) is 0 Å². The first kappa shape index (κ1) is 9.32. The highest BCUT2D eigenvalue weighted by atomic mass is 14.9. The summed E-state index contributed by atoms with van der Waals surface area (Å²) in [5, 5.41) is 3.45. The molecule has 0 amide bonds. The number of rotatable bonds is 3. The number of benzene rings is 1. The van der Waals surface area contributed by atoms with Crippen LogP contribution < -0.4 is 5.32 Å². The van der Waals surface area contributed by atoms with Crippen molar-refractivity contribution in [2.24, 2.45) is 0 Å². The number of hydrogen-bond donors (Lipinski definition) is 1. The van der Waals surface area contributed by atoms with Crippen molar-refractivity contribution in [3.63, 3.8) is 0 Å². The summed E-state index contributed by atoms with van der Waals surface area (Å²) in [4.78, 5) is 0. The highest BCUT2D eigenvalue weighted by molar-refractivity contribution is 5.71. The zero-order valence-corrected chi connectivity index (χ0v) is 8.72. The summed E-state index contributed by atoms with van der Waals surface area (Å²) in [6, 6.07) is 8.49. The van der Waals surface area contributed by atoms with Gasteiger partial charge in [0.1, 0.15) is 0 Å². The molecule has 1 N–H and O–H groups in total. The number of para-hydroxylation sites is 1. The van der Waals surface area contributed by atoms with Crippen LogP contribution in [0.4, 0.5) is 5.69 Å². The minimum absolute atomic E-state index is 1.02. The molecule has 14 heavy (non-hydrogen) atoms. The second-order valence-electron chi connectivity index (χ2n) is 3.85. The highest BCUT2D eigenvalue weighted by Crippen LogP contribution is 2.24. The highest BCUT2D eigenvalue weighted by Gasteiger charge is 2.07. The van der Waals surface area contributed by atoms with E-state index in [1.807, 2.05) is 0 Å². The van der Waals surface area contributed by atoms with Crippen LogP contribution in [0.2, 0.25) is 0 Å². The molecule has 0 aromatic heterocycles. The second-order valence-corrected chi connectivity index (χ2v) is 3.85. The molecule has 0 bridgehead atoms. The number of fused-ring (bicyclic) bond motifs is 1. The van der Waals surface area contributed by atoms with E-state index >= 15 is 0 Å². The largest absolute Gasteiger partial charge is 0.381 e. The second kappa shape index (κ2) is 4.32. The Morgan fingerprint density at radius 2 is 2.14 bits per heavy atom. The first-order chi connectivity index (χ1) is 6.90. The SMILES string of the molecule is CCCCC1=Cc2ccccc2NC1. The molecule has 0 saturated carbocycles. The fraction of sp³-hybridized carbons (Fsp3) is 0.385. The lowest BCUT2D eigenvalue weighted by Crippen LogP contribution is -2.10. The molecule has 1 heterocycles. The molecule has 74 valence electrons. The molecule has 1 heteroatoms. The van der Waals surface area contributed by atoms with E-state index < -0.39 is 0 Å². The third kappa shape index (κ3) is 1.98. The van der Waals surface area contributed by atoms with E-state index in [2.05, 4.69) is 42.6 Å². The first-order valence-corrected chi connectivity index (χ1v) is 5.42. The van der Waals surface area contributed by atoms with Gasteiger partial charge in [0, 0.05) is 12.2 Å². The van der Waals surface area contributed by atoms with Crippen molar-refractivity contribution < 1.29 is 0 Å². The smallest absolute Gasteiger partial charge is 0.0416 e. The van der Waals surface area contributed by atoms with Crippen LogP contribution in [-0.4, -0.2) is 6.54 Å². The molecule has 1 nitrogen and oxygen atoms in total. The van der Waals surface area contributed by atoms with Gasteiger partial charge >= 0.3 is 0 Å². The van der Waals surface area contributed by atoms with Crippen LogP contribution in [-0.2, 0) is 0 Å². The van der Waals surface area contributed by atoms with Gasteiger partial charge in [0.2, 0.25) is 0 Å². The summed E-state index contributed by atoms with van der Waals surface area (Å²) >= 11 is 0. The Balaban J connectivity index is 2.14. The monoisotopic (exact) mass is 187 g/mol. The van der Waals surface area contributed by atoms with Crippen LogP contribution in [0.25, 0.3) is 6.08 Å². The number of unbranched alkanes of at least 4 members (excludes halogenated alkanes) is 1. The summed E-state index contributed by atoms with van der Waals surface area (Å²) in [5.41, 5.74) is 4.14. The van der Waals surface area contributed by atoms with E-state index in [0.29, 0.717) is 0 Å². The van der Waals surface area contributed by atoms with E-state index in [-0.39, 0.29) is 0 Å². The molecule has 0 radical (unpaired) electrons. The Hall–Kier alpha value is -1.24. The molecule has 1 aliphatic rings. The van der Waals surface area contributed by atoms with Crippen LogP contribution in [0, 0.1) is 0 Å². The molecule has 2 rings (SSSR count). The lowest BCUT2D eigenvalue weighted by molar-refractivity contribution is 0.781. The average molecular weight is 187 g/mol. The standard InChI is InChI=1S/C13H17N/c1-2-3-6-11-9-12-7-4-5-8-13(12)14-10-11/h4-5,7-9,14H,2-3,6,10H2,1H3. The van der Waals surface area contributed by atoms with Gasteiger partial charge in [-0.15, -0.1) is 0 Å². The van der Waals surface area contributed by atoms with Gasteiger partial charge in [-0.25, -0.2) is 0 Å². The summed E-state index contributed by atoms with van der Waals surface area (Å²) in [5.74, 6) is 0. The molecule has 0 atom stereocenters. The van der Waals surface area contributed by atoms with Crippen molar-refractivity contribution in [3.8, 4) is 0 Å². The van der Waals surface area contributed by atoms with Gasteiger partial charge in [-0.1, -0.05) is 43.2 Å². The number of anilines is 1. The molecule has 1 aromatic carbocycles. The van der Waals surface area contributed by atoms with Gasteiger partial charge in [0.15, 0.2) is 0 Å². The maximum atomic E-state index is 3.45. The van der Waals surface area contributed by atoms with Crippen molar-refractivity contribution in [2.75, 3.05) is 11.9 Å². The Morgan fingerprint density at radius 1 is 1.29 bits per heavy atom. The van der Waals surface area contributed by atoms with Gasteiger partial charge in [-0.05, 0) is 24.5 Å². The lowest BCUT2D eigenvalue weighted by Gasteiger charge is -2.18. The molecule has 0 unspecified atom stereocenters. The van der Waals surface area contributed by atoms with Crippen LogP contribution in [0.1, 0.15) is 31.7 Å². The Kier molecular flexibility index (Phi) is 2.87. The molecule has 1 aliphatic heterocycles. The Morgan fingerprint density at radius 3 is 3.00 bits per heavy atom. The third-order valence-electron chi connectivity index (χ3n) is 2.68. The van der Waals surface area contributed by atoms with E-state index in [0.717, 1.165) is 6.54 Å². The predicted molar refractivity (Wildman–Crippen MR) is 62.4 cm³/mol. The van der Waals surface area contributed by atoms with Crippen molar-refractivity contribution >= 4 is 11.8 Å². The maximum Gasteiger partial charge on any atom is 0.0416 e. The average Bonchev–Trinajstić information content (AvgIpc) is 2.26. The quantitative estimate of drug-likeness (QED) is 0.761. The van der Waals surface area contributed by atoms with Gasteiger partial charge < -0.3 is 5.32 Å². The van der Waals surface area contributed by atoms with E-state index in [9.17, 15) is 0 Å². The fourth-order valence-corrected chi connectivity index (χ4v) is 1.83. The van der Waals surface area contributed by atoms with Crippen LogP contribution in [0.3, 0.4) is 0 Å². The van der Waals surface area contributed by atoms with Gasteiger partial charge in [-0.2, -0.15) is 0 Å². The topological polar surface area (TPSA) is 12.0 Å². The van der Waals surface area contributed by atoms with Crippen molar-refractivity contribution in [1.82, 2.24) is 0 Å². The maximum absolute atomic E-state index is 3.45. The minimum Gasteiger partial charge on any atom is -0.381 e. The van der Waals surface area contributed by atoms with Gasteiger partial charge in [0.05, 0.1) is 0 Å².